The van der Waals surface area contributed by atoms with E-state index >= 15 is 0 Å². The number of aromatic amines is 1. The summed E-state index contributed by atoms with van der Waals surface area (Å²) in [5.74, 6) is 2.80. The van der Waals surface area contributed by atoms with Gasteiger partial charge in [-0.1, -0.05) is 30.3 Å². The van der Waals surface area contributed by atoms with Gasteiger partial charge < -0.3 is 0 Å². The van der Waals surface area contributed by atoms with Crippen molar-refractivity contribution in [2.45, 2.75) is 25.7 Å². The average molecular weight is 213 g/mol. The van der Waals surface area contributed by atoms with Crippen LogP contribution in [0.25, 0.3) is 0 Å². The monoisotopic (exact) mass is 213 g/mol. The minimum atomic E-state index is 0.846. The van der Waals surface area contributed by atoms with Crippen LogP contribution in [0, 0.1) is 5.92 Å². The Bertz CT molecular complexity index is 457. The molecule has 16 heavy (non-hydrogen) atoms. The first-order valence-electron chi connectivity index (χ1n) is 5.84. The molecule has 0 spiro atoms. The van der Waals surface area contributed by atoms with Crippen molar-refractivity contribution in [2.75, 3.05) is 0 Å². The van der Waals surface area contributed by atoms with Gasteiger partial charge in [0.1, 0.15) is 5.82 Å². The van der Waals surface area contributed by atoms with E-state index in [1.165, 1.54) is 18.4 Å². The van der Waals surface area contributed by atoms with Crippen LogP contribution >= 0.6 is 0 Å². The maximum atomic E-state index is 4.52. The van der Waals surface area contributed by atoms with Gasteiger partial charge >= 0.3 is 0 Å². The number of nitrogens with zero attached hydrogens (tertiary/aromatic N) is 2. The molecule has 1 aromatic heterocycles. The first kappa shape index (κ1) is 9.58. The Kier molecular flexibility index (Phi) is 2.44. The van der Waals surface area contributed by atoms with E-state index in [-0.39, 0.29) is 0 Å². The Morgan fingerprint density at radius 1 is 1.19 bits per heavy atom. The van der Waals surface area contributed by atoms with Crippen LogP contribution < -0.4 is 0 Å². The van der Waals surface area contributed by atoms with E-state index in [0.717, 1.165) is 30.4 Å². The highest BCUT2D eigenvalue weighted by atomic mass is 15.2. The Hall–Kier alpha value is -1.64. The quantitative estimate of drug-likeness (QED) is 0.847. The number of aromatic nitrogens is 3. The molecule has 82 valence electrons. The van der Waals surface area contributed by atoms with Crippen LogP contribution in [0.4, 0.5) is 0 Å². The highest BCUT2D eigenvalue weighted by molar-refractivity contribution is 5.18. The maximum Gasteiger partial charge on any atom is 0.150 e. The van der Waals surface area contributed by atoms with Gasteiger partial charge in [0.15, 0.2) is 5.82 Å². The zero-order valence-corrected chi connectivity index (χ0v) is 9.19. The molecule has 2 aromatic rings. The fourth-order valence-corrected chi connectivity index (χ4v) is 1.87. The molecule has 1 aromatic carbocycles. The number of rotatable bonds is 4. The van der Waals surface area contributed by atoms with Crippen molar-refractivity contribution in [2.24, 2.45) is 5.92 Å². The molecule has 1 aliphatic carbocycles. The fourth-order valence-electron chi connectivity index (χ4n) is 1.87. The predicted octanol–water partition coefficient (Wildman–Crippen LogP) is 2.35. The van der Waals surface area contributed by atoms with Gasteiger partial charge in [0.05, 0.1) is 0 Å². The summed E-state index contributed by atoms with van der Waals surface area (Å²) in [7, 11) is 0. The molecule has 1 fully saturated rings. The Labute approximate surface area is 94.9 Å². The van der Waals surface area contributed by atoms with Gasteiger partial charge in [0, 0.05) is 12.8 Å². The molecule has 1 aliphatic rings. The summed E-state index contributed by atoms with van der Waals surface area (Å²) in [6.45, 7) is 0. The molecular weight excluding hydrogens is 198 g/mol. The zero-order chi connectivity index (χ0) is 10.8. The van der Waals surface area contributed by atoms with Crippen molar-refractivity contribution < 1.29 is 0 Å². The smallest absolute Gasteiger partial charge is 0.150 e. The minimum absolute atomic E-state index is 0.846. The number of benzene rings is 1. The summed E-state index contributed by atoms with van der Waals surface area (Å²) in [6.07, 6.45) is 4.59. The number of hydrogen-bond donors (Lipinski definition) is 1. The van der Waals surface area contributed by atoms with Crippen molar-refractivity contribution in [3.63, 3.8) is 0 Å². The first-order chi connectivity index (χ1) is 7.90. The molecule has 3 rings (SSSR count). The molecule has 3 nitrogen and oxygen atoms in total. The lowest BCUT2D eigenvalue weighted by molar-refractivity contribution is 0.774. The van der Waals surface area contributed by atoms with E-state index in [1.807, 2.05) is 6.07 Å². The lowest BCUT2D eigenvalue weighted by Crippen LogP contribution is -1.92. The second-order valence-electron chi connectivity index (χ2n) is 4.51. The van der Waals surface area contributed by atoms with Crippen molar-refractivity contribution in [3.05, 3.63) is 47.5 Å². The summed E-state index contributed by atoms with van der Waals surface area (Å²) < 4.78 is 0. The van der Waals surface area contributed by atoms with Gasteiger partial charge in [-0.15, -0.1) is 0 Å². The van der Waals surface area contributed by atoms with Crippen molar-refractivity contribution in [1.29, 1.82) is 0 Å². The molecular formula is C13H15N3. The van der Waals surface area contributed by atoms with Gasteiger partial charge in [-0.3, -0.25) is 5.10 Å². The Morgan fingerprint density at radius 2 is 2.00 bits per heavy atom. The van der Waals surface area contributed by atoms with Gasteiger partial charge in [-0.25, -0.2) is 4.98 Å². The van der Waals surface area contributed by atoms with Crippen LogP contribution in [0.5, 0.6) is 0 Å². The highest BCUT2D eigenvalue weighted by Crippen LogP contribution is 2.31. The minimum Gasteiger partial charge on any atom is -0.263 e. The molecule has 0 atom stereocenters. The second kappa shape index (κ2) is 4.08. The lowest BCUT2D eigenvalue weighted by atomic mass is 10.1. The number of hydrogen-bond acceptors (Lipinski definition) is 2. The van der Waals surface area contributed by atoms with Crippen LogP contribution in [0.15, 0.2) is 30.3 Å². The molecule has 0 bridgehead atoms. The van der Waals surface area contributed by atoms with Gasteiger partial charge in [-0.2, -0.15) is 5.10 Å². The molecule has 3 heteroatoms. The molecule has 0 unspecified atom stereocenters. The molecule has 1 heterocycles. The summed E-state index contributed by atoms with van der Waals surface area (Å²) in [4.78, 5) is 4.52. The normalized spacial score (nSPS) is 15.2. The van der Waals surface area contributed by atoms with Gasteiger partial charge in [0.25, 0.3) is 0 Å². The van der Waals surface area contributed by atoms with Gasteiger partial charge in [-0.05, 0) is 24.3 Å². The SMILES string of the molecule is c1ccc(Cc2nc(CC3CC3)n[nH]2)cc1. The third-order valence-electron chi connectivity index (χ3n) is 2.96. The molecule has 1 N–H and O–H groups in total. The van der Waals surface area contributed by atoms with Crippen molar-refractivity contribution in [1.82, 2.24) is 15.2 Å². The van der Waals surface area contributed by atoms with Crippen molar-refractivity contribution >= 4 is 0 Å². The third kappa shape index (κ3) is 2.30. The summed E-state index contributed by atoms with van der Waals surface area (Å²) in [5.41, 5.74) is 1.27. The van der Waals surface area contributed by atoms with Crippen LogP contribution in [-0.2, 0) is 12.8 Å². The highest BCUT2D eigenvalue weighted by Gasteiger charge is 2.23. The van der Waals surface area contributed by atoms with Crippen LogP contribution in [-0.4, -0.2) is 15.2 Å². The van der Waals surface area contributed by atoms with Crippen LogP contribution in [0.1, 0.15) is 30.1 Å². The maximum absolute atomic E-state index is 4.52. The lowest BCUT2D eigenvalue weighted by Gasteiger charge is -1.95. The largest absolute Gasteiger partial charge is 0.263 e. The predicted molar refractivity (Wildman–Crippen MR) is 62.1 cm³/mol. The van der Waals surface area contributed by atoms with E-state index in [0.29, 0.717) is 0 Å². The summed E-state index contributed by atoms with van der Waals surface area (Å²) in [5, 5.41) is 7.28. The number of H-pyrrole nitrogens is 1. The first-order valence-corrected chi connectivity index (χ1v) is 5.84. The standard InChI is InChI=1S/C13H15N3/c1-2-4-10(5-3-1)8-12-14-13(16-15-12)9-11-6-7-11/h1-5,11H,6-9H2,(H,14,15,16). The molecule has 1 saturated carbocycles. The summed E-state index contributed by atoms with van der Waals surface area (Å²) in [6, 6.07) is 10.4. The van der Waals surface area contributed by atoms with Crippen molar-refractivity contribution in [3.8, 4) is 0 Å². The van der Waals surface area contributed by atoms with Crippen LogP contribution in [0.3, 0.4) is 0 Å². The molecule has 0 amide bonds. The zero-order valence-electron chi connectivity index (χ0n) is 9.19. The van der Waals surface area contributed by atoms with Crippen LogP contribution in [0.2, 0.25) is 0 Å². The topological polar surface area (TPSA) is 41.6 Å². The third-order valence-corrected chi connectivity index (χ3v) is 2.96. The van der Waals surface area contributed by atoms with E-state index in [9.17, 15) is 0 Å². The fraction of sp³-hybridized carbons (Fsp3) is 0.385. The molecule has 0 aliphatic heterocycles. The Balaban J connectivity index is 1.67. The number of nitrogens with one attached hydrogen (secondary N) is 1. The molecule has 0 saturated heterocycles. The molecule has 0 radical (unpaired) electrons. The van der Waals surface area contributed by atoms with Gasteiger partial charge in [0.2, 0.25) is 0 Å². The second-order valence-corrected chi connectivity index (χ2v) is 4.51. The Morgan fingerprint density at radius 3 is 2.75 bits per heavy atom. The van der Waals surface area contributed by atoms with E-state index in [1.54, 1.807) is 0 Å². The van der Waals surface area contributed by atoms with E-state index in [2.05, 4.69) is 39.4 Å². The average Bonchev–Trinajstić information content (AvgIpc) is 3.01. The summed E-state index contributed by atoms with van der Waals surface area (Å²) >= 11 is 0. The van der Waals surface area contributed by atoms with E-state index in [4.69, 9.17) is 0 Å². The van der Waals surface area contributed by atoms with E-state index < -0.39 is 0 Å².